The molecule has 0 spiro atoms. The Morgan fingerprint density at radius 2 is 1.62 bits per heavy atom. The van der Waals surface area contributed by atoms with Gasteiger partial charge in [-0.3, -0.25) is 4.99 Å². The first-order chi connectivity index (χ1) is 11.8. The lowest BCUT2D eigenvalue weighted by molar-refractivity contribution is 0.626. The zero-order valence-corrected chi connectivity index (χ0v) is 14.1. The van der Waals surface area contributed by atoms with E-state index in [2.05, 4.69) is 33.1 Å². The van der Waals surface area contributed by atoms with Crippen molar-refractivity contribution in [2.45, 2.75) is 12.8 Å². The van der Waals surface area contributed by atoms with Crippen molar-refractivity contribution < 1.29 is 4.39 Å². The smallest absolute Gasteiger partial charge is 0.190 e. The van der Waals surface area contributed by atoms with Crippen molar-refractivity contribution in [3.8, 4) is 0 Å². The SMILES string of the molecule is CN=C(NCCCNc1ccccc1)NCCc1ccc(F)cc1. The molecule has 0 atom stereocenters. The summed E-state index contributed by atoms with van der Waals surface area (Å²) in [6, 6.07) is 16.8. The predicted octanol–water partition coefficient (Wildman–Crippen LogP) is 3.04. The number of guanidine groups is 1. The van der Waals surface area contributed by atoms with Gasteiger partial charge in [0.2, 0.25) is 0 Å². The summed E-state index contributed by atoms with van der Waals surface area (Å²) in [6.45, 7) is 2.51. The molecule has 0 heterocycles. The first-order valence-electron chi connectivity index (χ1n) is 8.26. The summed E-state index contributed by atoms with van der Waals surface area (Å²) >= 11 is 0. The molecule has 0 fully saturated rings. The van der Waals surface area contributed by atoms with E-state index in [1.165, 1.54) is 12.1 Å². The van der Waals surface area contributed by atoms with Gasteiger partial charge in [0.05, 0.1) is 0 Å². The van der Waals surface area contributed by atoms with Crippen LogP contribution in [0.25, 0.3) is 0 Å². The van der Waals surface area contributed by atoms with Gasteiger partial charge in [-0.2, -0.15) is 0 Å². The molecule has 5 heteroatoms. The van der Waals surface area contributed by atoms with Crippen LogP contribution in [0.2, 0.25) is 0 Å². The Balaban J connectivity index is 1.57. The highest BCUT2D eigenvalue weighted by atomic mass is 19.1. The van der Waals surface area contributed by atoms with Crippen LogP contribution in [0, 0.1) is 5.82 Å². The zero-order valence-electron chi connectivity index (χ0n) is 14.1. The third kappa shape index (κ3) is 6.69. The normalized spacial score (nSPS) is 11.2. The van der Waals surface area contributed by atoms with Crippen LogP contribution in [0.3, 0.4) is 0 Å². The summed E-state index contributed by atoms with van der Waals surface area (Å²) in [4.78, 5) is 4.20. The van der Waals surface area contributed by atoms with Crippen molar-refractivity contribution in [3.63, 3.8) is 0 Å². The maximum absolute atomic E-state index is 12.9. The summed E-state index contributed by atoms with van der Waals surface area (Å²) in [5.41, 5.74) is 2.24. The fourth-order valence-electron chi connectivity index (χ4n) is 2.28. The lowest BCUT2D eigenvalue weighted by Gasteiger charge is -2.12. The number of aliphatic imine (C=N–C) groups is 1. The highest BCUT2D eigenvalue weighted by molar-refractivity contribution is 5.79. The monoisotopic (exact) mass is 328 g/mol. The summed E-state index contributed by atoms with van der Waals surface area (Å²) < 4.78 is 12.9. The summed E-state index contributed by atoms with van der Waals surface area (Å²) in [5, 5.41) is 9.93. The molecule has 128 valence electrons. The van der Waals surface area contributed by atoms with Crippen LogP contribution in [0.5, 0.6) is 0 Å². The van der Waals surface area contributed by atoms with Gasteiger partial charge in [0, 0.05) is 32.4 Å². The number of para-hydroxylation sites is 1. The molecule has 0 aliphatic heterocycles. The quantitative estimate of drug-likeness (QED) is 0.397. The number of halogens is 1. The molecule has 4 nitrogen and oxygen atoms in total. The van der Waals surface area contributed by atoms with E-state index in [1.54, 1.807) is 7.05 Å². The Labute approximate surface area is 143 Å². The molecule has 2 aromatic rings. The minimum atomic E-state index is -0.201. The van der Waals surface area contributed by atoms with Crippen molar-refractivity contribution in [3.05, 3.63) is 66.0 Å². The molecule has 0 radical (unpaired) electrons. The van der Waals surface area contributed by atoms with E-state index >= 15 is 0 Å². The Kier molecular flexibility index (Phi) is 7.60. The van der Waals surface area contributed by atoms with E-state index in [-0.39, 0.29) is 5.82 Å². The molecular weight excluding hydrogens is 303 g/mol. The van der Waals surface area contributed by atoms with Crippen molar-refractivity contribution in [1.29, 1.82) is 0 Å². The molecular formula is C19H25FN4. The molecule has 0 saturated heterocycles. The summed E-state index contributed by atoms with van der Waals surface area (Å²) in [5.74, 6) is 0.588. The Bertz CT molecular complexity index is 611. The van der Waals surface area contributed by atoms with Gasteiger partial charge in [-0.05, 0) is 42.7 Å². The summed E-state index contributed by atoms with van der Waals surface area (Å²) in [7, 11) is 1.76. The predicted molar refractivity (Wildman–Crippen MR) is 99.0 cm³/mol. The minimum Gasteiger partial charge on any atom is -0.385 e. The minimum absolute atomic E-state index is 0.201. The fraction of sp³-hybridized carbons (Fsp3) is 0.316. The molecule has 0 aromatic heterocycles. The van der Waals surface area contributed by atoms with Gasteiger partial charge in [0.15, 0.2) is 5.96 Å². The molecule has 2 aromatic carbocycles. The number of rotatable bonds is 8. The Morgan fingerprint density at radius 3 is 2.33 bits per heavy atom. The first-order valence-corrected chi connectivity index (χ1v) is 8.26. The van der Waals surface area contributed by atoms with E-state index in [4.69, 9.17) is 0 Å². The van der Waals surface area contributed by atoms with E-state index in [0.717, 1.165) is 49.7 Å². The molecule has 0 amide bonds. The second kappa shape index (κ2) is 10.3. The van der Waals surface area contributed by atoms with Gasteiger partial charge < -0.3 is 16.0 Å². The van der Waals surface area contributed by atoms with Gasteiger partial charge in [0.1, 0.15) is 5.82 Å². The highest BCUT2D eigenvalue weighted by Gasteiger charge is 1.98. The van der Waals surface area contributed by atoms with Gasteiger partial charge in [0.25, 0.3) is 0 Å². The topological polar surface area (TPSA) is 48.5 Å². The number of nitrogens with one attached hydrogen (secondary N) is 3. The lowest BCUT2D eigenvalue weighted by atomic mass is 10.1. The molecule has 0 aliphatic carbocycles. The van der Waals surface area contributed by atoms with Crippen molar-refractivity contribution in [2.75, 3.05) is 32.0 Å². The molecule has 0 unspecified atom stereocenters. The van der Waals surface area contributed by atoms with Crippen LogP contribution in [-0.4, -0.2) is 32.6 Å². The van der Waals surface area contributed by atoms with E-state index < -0.39 is 0 Å². The molecule has 0 bridgehead atoms. The van der Waals surface area contributed by atoms with Crippen molar-refractivity contribution in [1.82, 2.24) is 10.6 Å². The number of hydrogen-bond donors (Lipinski definition) is 3. The molecule has 0 saturated carbocycles. The highest BCUT2D eigenvalue weighted by Crippen LogP contribution is 2.04. The van der Waals surface area contributed by atoms with E-state index in [9.17, 15) is 4.39 Å². The van der Waals surface area contributed by atoms with Crippen LogP contribution in [-0.2, 0) is 6.42 Å². The van der Waals surface area contributed by atoms with Crippen molar-refractivity contribution >= 4 is 11.6 Å². The van der Waals surface area contributed by atoms with Crippen LogP contribution >= 0.6 is 0 Å². The Hall–Kier alpha value is -2.56. The lowest BCUT2D eigenvalue weighted by Crippen LogP contribution is -2.39. The average Bonchev–Trinajstić information content (AvgIpc) is 2.62. The Morgan fingerprint density at radius 1 is 0.917 bits per heavy atom. The second-order valence-electron chi connectivity index (χ2n) is 5.45. The third-order valence-corrected chi connectivity index (χ3v) is 3.59. The molecule has 24 heavy (non-hydrogen) atoms. The van der Waals surface area contributed by atoms with Gasteiger partial charge in [-0.1, -0.05) is 30.3 Å². The average molecular weight is 328 g/mol. The van der Waals surface area contributed by atoms with Gasteiger partial charge >= 0.3 is 0 Å². The fourth-order valence-corrected chi connectivity index (χ4v) is 2.28. The van der Waals surface area contributed by atoms with Gasteiger partial charge in [-0.15, -0.1) is 0 Å². The molecule has 2 rings (SSSR count). The van der Waals surface area contributed by atoms with Gasteiger partial charge in [-0.25, -0.2) is 4.39 Å². The number of hydrogen-bond acceptors (Lipinski definition) is 2. The van der Waals surface area contributed by atoms with Crippen LogP contribution in [0.1, 0.15) is 12.0 Å². The van der Waals surface area contributed by atoms with E-state index in [1.807, 2.05) is 30.3 Å². The number of anilines is 1. The number of benzene rings is 2. The standard InChI is InChI=1S/C19H25FN4/c1-21-19(24-15-12-16-8-10-17(20)11-9-16)23-14-5-13-22-18-6-3-2-4-7-18/h2-4,6-11,22H,5,12-15H2,1H3,(H2,21,23,24). The maximum atomic E-state index is 12.9. The van der Waals surface area contributed by atoms with Crippen LogP contribution in [0.4, 0.5) is 10.1 Å². The summed E-state index contributed by atoms with van der Waals surface area (Å²) in [6.07, 6.45) is 1.82. The molecule has 0 aliphatic rings. The molecule has 3 N–H and O–H groups in total. The maximum Gasteiger partial charge on any atom is 0.190 e. The zero-order chi connectivity index (χ0) is 17.0. The third-order valence-electron chi connectivity index (χ3n) is 3.59. The largest absolute Gasteiger partial charge is 0.385 e. The van der Waals surface area contributed by atoms with Crippen LogP contribution in [0.15, 0.2) is 59.6 Å². The first kappa shape index (κ1) is 17.8. The number of nitrogens with zero attached hydrogens (tertiary/aromatic N) is 1. The van der Waals surface area contributed by atoms with E-state index in [0.29, 0.717) is 0 Å². The van der Waals surface area contributed by atoms with Crippen molar-refractivity contribution in [2.24, 2.45) is 4.99 Å². The second-order valence-corrected chi connectivity index (χ2v) is 5.45. The van der Waals surface area contributed by atoms with Crippen LogP contribution < -0.4 is 16.0 Å².